The van der Waals surface area contributed by atoms with Gasteiger partial charge in [-0.05, 0) is 75.2 Å². The monoisotopic (exact) mass is 537 g/mol. The number of rotatable bonds is 6. The van der Waals surface area contributed by atoms with E-state index >= 15 is 0 Å². The van der Waals surface area contributed by atoms with Crippen LogP contribution in [0.25, 0.3) is 10.8 Å². The molecule has 7 heteroatoms. The van der Waals surface area contributed by atoms with Gasteiger partial charge in [-0.2, -0.15) is 5.26 Å². The molecule has 1 N–H and O–H groups in total. The first-order valence-corrected chi connectivity index (χ1v) is 13.4. The van der Waals surface area contributed by atoms with Crippen molar-refractivity contribution < 1.29 is 9.53 Å². The first-order valence-electron chi connectivity index (χ1n) is 12.6. The number of hydrogen-bond acceptors (Lipinski definition) is 4. The molecule has 0 saturated carbocycles. The smallest absolute Gasteiger partial charge is 0.255 e. The number of fused-ring (bicyclic) bond motifs is 3. The molecule has 1 heterocycles. The van der Waals surface area contributed by atoms with Gasteiger partial charge in [0.25, 0.3) is 5.91 Å². The van der Waals surface area contributed by atoms with Gasteiger partial charge < -0.3 is 15.0 Å². The molecule has 0 bridgehead atoms. The fraction of sp³-hybridized carbons (Fsp3) is 0.400. The van der Waals surface area contributed by atoms with Crippen LogP contribution in [0.15, 0.2) is 48.5 Å². The van der Waals surface area contributed by atoms with Crippen molar-refractivity contribution in [3.63, 3.8) is 0 Å². The number of benzene rings is 3. The summed E-state index contributed by atoms with van der Waals surface area (Å²) in [5, 5.41) is 16.1. The number of hydrogen-bond donors (Lipinski definition) is 1. The van der Waals surface area contributed by atoms with Crippen molar-refractivity contribution in [2.45, 2.75) is 58.3 Å². The van der Waals surface area contributed by atoms with Gasteiger partial charge in [0.05, 0.1) is 40.0 Å². The highest BCUT2D eigenvalue weighted by Crippen LogP contribution is 2.33. The van der Waals surface area contributed by atoms with Crippen LogP contribution < -0.4 is 5.32 Å². The van der Waals surface area contributed by atoms with Gasteiger partial charge in [0.2, 0.25) is 0 Å². The molecule has 37 heavy (non-hydrogen) atoms. The van der Waals surface area contributed by atoms with E-state index < -0.39 is 0 Å². The summed E-state index contributed by atoms with van der Waals surface area (Å²) >= 11 is 12.6. The summed E-state index contributed by atoms with van der Waals surface area (Å²) in [7, 11) is 0. The van der Waals surface area contributed by atoms with Crippen molar-refractivity contribution >= 4 is 39.9 Å². The van der Waals surface area contributed by atoms with Crippen molar-refractivity contribution in [3.8, 4) is 6.07 Å². The molecule has 1 amide bonds. The predicted molar refractivity (Wildman–Crippen MR) is 150 cm³/mol. The molecule has 0 fully saturated rings. The maximum absolute atomic E-state index is 14.2. The third-order valence-corrected chi connectivity index (χ3v) is 7.51. The van der Waals surface area contributed by atoms with E-state index in [9.17, 15) is 10.1 Å². The van der Waals surface area contributed by atoms with Gasteiger partial charge in [0.1, 0.15) is 0 Å². The van der Waals surface area contributed by atoms with Crippen LogP contribution >= 0.6 is 23.2 Å². The summed E-state index contributed by atoms with van der Waals surface area (Å²) in [5.41, 5.74) is 2.70. The van der Waals surface area contributed by atoms with E-state index in [4.69, 9.17) is 27.9 Å². The van der Waals surface area contributed by atoms with Gasteiger partial charge in [-0.3, -0.25) is 4.79 Å². The Morgan fingerprint density at radius 2 is 1.92 bits per heavy atom. The zero-order chi connectivity index (χ0) is 26.7. The minimum atomic E-state index is -0.183. The molecule has 0 unspecified atom stereocenters. The van der Waals surface area contributed by atoms with E-state index in [2.05, 4.69) is 32.2 Å². The number of carbonyl (C=O) groups excluding carboxylic acids is 1. The van der Waals surface area contributed by atoms with Crippen LogP contribution in [0.2, 0.25) is 10.0 Å². The minimum absolute atomic E-state index is 0.0214. The Kier molecular flexibility index (Phi) is 8.46. The zero-order valence-electron chi connectivity index (χ0n) is 21.8. The van der Waals surface area contributed by atoms with E-state index in [-0.39, 0.29) is 30.1 Å². The van der Waals surface area contributed by atoms with Crippen LogP contribution in [0, 0.1) is 11.3 Å². The van der Waals surface area contributed by atoms with Crippen LogP contribution in [0.5, 0.6) is 0 Å². The number of halogens is 2. The fourth-order valence-electron chi connectivity index (χ4n) is 4.89. The largest absolute Gasteiger partial charge is 0.372 e. The maximum atomic E-state index is 14.2. The number of nitrogens with zero attached hydrogens (tertiary/aromatic N) is 2. The van der Waals surface area contributed by atoms with Crippen molar-refractivity contribution in [2.75, 3.05) is 19.6 Å². The second-order valence-corrected chi connectivity index (χ2v) is 11.6. The molecule has 194 valence electrons. The molecule has 1 aliphatic rings. The highest BCUT2D eigenvalue weighted by molar-refractivity contribution is 6.42. The summed E-state index contributed by atoms with van der Waals surface area (Å²) in [6, 6.07) is 17.5. The molecule has 1 aliphatic heterocycles. The second-order valence-electron chi connectivity index (χ2n) is 10.8. The lowest BCUT2D eigenvalue weighted by atomic mass is 9.91. The van der Waals surface area contributed by atoms with Crippen molar-refractivity contribution in [1.29, 1.82) is 5.26 Å². The van der Waals surface area contributed by atoms with Crippen LogP contribution in [-0.2, 0) is 11.3 Å². The highest BCUT2D eigenvalue weighted by Gasteiger charge is 2.30. The van der Waals surface area contributed by atoms with Crippen molar-refractivity contribution in [3.05, 3.63) is 80.8 Å². The Labute approximate surface area is 229 Å². The lowest BCUT2D eigenvalue weighted by molar-refractivity contribution is 0.0173. The topological polar surface area (TPSA) is 65.4 Å². The van der Waals surface area contributed by atoms with Gasteiger partial charge in [-0.25, -0.2) is 0 Å². The fourth-order valence-corrected chi connectivity index (χ4v) is 5.20. The van der Waals surface area contributed by atoms with Crippen LogP contribution in [0.1, 0.15) is 67.1 Å². The average Bonchev–Trinajstić information content (AvgIpc) is 2.85. The first kappa shape index (κ1) is 27.4. The molecule has 3 aromatic carbocycles. The number of amides is 1. The first-order chi connectivity index (χ1) is 17.6. The van der Waals surface area contributed by atoms with E-state index in [0.717, 1.165) is 29.3 Å². The maximum Gasteiger partial charge on any atom is 0.255 e. The normalized spacial score (nSPS) is 17.2. The molecule has 0 aromatic heterocycles. The van der Waals surface area contributed by atoms with E-state index in [1.807, 2.05) is 60.4 Å². The van der Waals surface area contributed by atoms with Crippen molar-refractivity contribution in [2.24, 2.45) is 0 Å². The SMILES string of the molecule is C[C@@H]1CN(C[C@@H](CCNC(C)(C)C)c2ccc(Cl)c(Cl)c2)C(=O)c2c(c(C#N)cc3ccccc23)CO1. The molecule has 5 nitrogen and oxygen atoms in total. The minimum Gasteiger partial charge on any atom is -0.372 e. The third-order valence-electron chi connectivity index (χ3n) is 6.77. The standard InChI is InChI=1S/C30H33Cl2N3O2/c1-19-16-35(17-22(11-12-34-30(2,3)4)20-9-10-26(31)27(32)14-20)29(36)28-24-8-6-5-7-21(24)13-23(15-33)25(28)18-37-19/h5-10,13-14,19,22,34H,11-12,16-18H2,1-4H3/t19-,22-/m1/s1. The quantitative estimate of drug-likeness (QED) is 0.369. The summed E-state index contributed by atoms with van der Waals surface area (Å²) in [5.74, 6) is -0.0543. The van der Waals surface area contributed by atoms with Crippen LogP contribution in [-0.4, -0.2) is 42.1 Å². The molecular formula is C30H33Cl2N3O2. The second kappa shape index (κ2) is 11.4. The molecule has 3 aromatic rings. The third kappa shape index (κ3) is 6.45. The predicted octanol–water partition coefficient (Wildman–Crippen LogP) is 6.94. The summed E-state index contributed by atoms with van der Waals surface area (Å²) in [4.78, 5) is 16.1. The zero-order valence-corrected chi connectivity index (χ0v) is 23.3. The van der Waals surface area contributed by atoms with E-state index in [1.165, 1.54) is 0 Å². The Morgan fingerprint density at radius 3 is 2.62 bits per heavy atom. The Morgan fingerprint density at radius 1 is 1.16 bits per heavy atom. The van der Waals surface area contributed by atoms with E-state index in [1.54, 1.807) is 0 Å². The number of nitriles is 1. The lowest BCUT2D eigenvalue weighted by Crippen LogP contribution is -2.43. The molecule has 0 saturated heterocycles. The van der Waals surface area contributed by atoms with Gasteiger partial charge in [-0.15, -0.1) is 0 Å². The summed E-state index contributed by atoms with van der Waals surface area (Å²) < 4.78 is 6.13. The summed E-state index contributed by atoms with van der Waals surface area (Å²) in [6.45, 7) is 10.3. The van der Waals surface area contributed by atoms with Gasteiger partial charge in [0.15, 0.2) is 0 Å². The highest BCUT2D eigenvalue weighted by atomic mass is 35.5. The molecule has 2 atom stereocenters. The van der Waals surface area contributed by atoms with Gasteiger partial charge in [-0.1, -0.05) is 53.5 Å². The lowest BCUT2D eigenvalue weighted by Gasteiger charge is -2.34. The van der Waals surface area contributed by atoms with Gasteiger partial charge in [0, 0.05) is 30.1 Å². The Hall–Kier alpha value is -2.62. The van der Waals surface area contributed by atoms with Gasteiger partial charge >= 0.3 is 0 Å². The molecule has 0 radical (unpaired) electrons. The van der Waals surface area contributed by atoms with Crippen LogP contribution in [0.4, 0.5) is 0 Å². The van der Waals surface area contributed by atoms with Crippen LogP contribution in [0.3, 0.4) is 0 Å². The number of ether oxygens (including phenoxy) is 1. The number of nitrogens with one attached hydrogen (secondary N) is 1. The average molecular weight is 539 g/mol. The Balaban J connectivity index is 1.75. The summed E-state index contributed by atoms with van der Waals surface area (Å²) in [6.07, 6.45) is 0.623. The molecule has 0 spiro atoms. The molecule has 0 aliphatic carbocycles. The molecule has 4 rings (SSSR count). The Bertz CT molecular complexity index is 1340. The molecular weight excluding hydrogens is 505 g/mol. The van der Waals surface area contributed by atoms with Crippen molar-refractivity contribution in [1.82, 2.24) is 10.2 Å². The number of carbonyl (C=O) groups is 1. The van der Waals surface area contributed by atoms with E-state index in [0.29, 0.717) is 39.8 Å².